The minimum atomic E-state index is -0.424. The normalized spacial score (nSPS) is 16.4. The van der Waals surface area contributed by atoms with Crippen LogP contribution in [0.1, 0.15) is 11.1 Å². The average Bonchev–Trinajstić information content (AvgIpc) is 2.79. The molecule has 0 atom stereocenters. The number of aromatic hydroxyl groups is 1. The molecule has 1 aliphatic rings. The summed E-state index contributed by atoms with van der Waals surface area (Å²) in [6.07, 6.45) is 1.49. The van der Waals surface area contributed by atoms with E-state index in [0.29, 0.717) is 11.1 Å². The van der Waals surface area contributed by atoms with Crippen LogP contribution in [-0.4, -0.2) is 21.2 Å². The molecule has 0 aromatic heterocycles. The number of nitrogens with zero attached hydrogens (tertiary/aromatic N) is 1. The van der Waals surface area contributed by atoms with Gasteiger partial charge in [-0.25, -0.2) is 4.39 Å². The maximum absolute atomic E-state index is 12.9. The quantitative estimate of drug-likeness (QED) is 0.871. The number of halogens is 1. The minimum Gasteiger partial charge on any atom is -0.507 e. The summed E-state index contributed by atoms with van der Waals surface area (Å²) in [7, 11) is 0. The van der Waals surface area contributed by atoms with Crippen molar-refractivity contribution < 1.29 is 19.1 Å². The molecule has 0 unspecified atom stereocenters. The molecular formula is C17H12FNO3S. The number of thioether (sulfide) groups is 1. The van der Waals surface area contributed by atoms with Gasteiger partial charge in [0, 0.05) is 5.56 Å². The topological polar surface area (TPSA) is 57.6 Å². The van der Waals surface area contributed by atoms with Crippen molar-refractivity contribution in [3.05, 3.63) is 70.4 Å². The molecule has 2 amide bonds. The van der Waals surface area contributed by atoms with Crippen molar-refractivity contribution in [2.24, 2.45) is 0 Å². The smallest absolute Gasteiger partial charge is 0.293 e. The zero-order chi connectivity index (χ0) is 16.4. The molecule has 0 bridgehead atoms. The highest BCUT2D eigenvalue weighted by Gasteiger charge is 2.35. The van der Waals surface area contributed by atoms with Gasteiger partial charge in [0.2, 0.25) is 0 Å². The van der Waals surface area contributed by atoms with Crippen molar-refractivity contribution in [1.29, 1.82) is 0 Å². The van der Waals surface area contributed by atoms with Gasteiger partial charge in [-0.1, -0.05) is 30.3 Å². The standard InChI is InChI=1S/C17H12FNO3S/c18-13-7-5-11(6-8-13)10-19-16(21)15(23-17(19)22)9-12-3-1-2-4-14(12)20/h1-9,20H,10H2. The number of carbonyl (C=O) groups is 2. The van der Waals surface area contributed by atoms with Crippen LogP contribution in [0.15, 0.2) is 53.4 Å². The van der Waals surface area contributed by atoms with E-state index in [-0.39, 0.29) is 28.3 Å². The van der Waals surface area contributed by atoms with E-state index in [1.54, 1.807) is 18.2 Å². The lowest BCUT2D eigenvalue weighted by atomic mass is 10.2. The second kappa shape index (κ2) is 6.26. The number of rotatable bonds is 3. The van der Waals surface area contributed by atoms with Crippen LogP contribution in [0, 0.1) is 5.82 Å². The van der Waals surface area contributed by atoms with Crippen molar-refractivity contribution >= 4 is 29.0 Å². The molecule has 6 heteroatoms. The number of para-hydroxylation sites is 1. The Morgan fingerprint density at radius 1 is 1.09 bits per heavy atom. The first-order valence-electron chi connectivity index (χ1n) is 6.82. The Labute approximate surface area is 136 Å². The SMILES string of the molecule is O=C1SC(=Cc2ccccc2O)C(=O)N1Cc1ccc(F)cc1. The van der Waals surface area contributed by atoms with Crippen molar-refractivity contribution in [3.8, 4) is 5.75 Å². The van der Waals surface area contributed by atoms with Crippen LogP contribution in [0.2, 0.25) is 0 Å². The van der Waals surface area contributed by atoms with Crippen LogP contribution >= 0.6 is 11.8 Å². The van der Waals surface area contributed by atoms with Crippen LogP contribution < -0.4 is 0 Å². The van der Waals surface area contributed by atoms with Crippen LogP contribution in [0.3, 0.4) is 0 Å². The first-order chi connectivity index (χ1) is 11.0. The van der Waals surface area contributed by atoms with E-state index < -0.39 is 5.91 Å². The molecule has 2 aromatic rings. The molecule has 1 fully saturated rings. The summed E-state index contributed by atoms with van der Waals surface area (Å²) >= 11 is 0.821. The monoisotopic (exact) mass is 329 g/mol. The number of phenolic OH excluding ortho intramolecular Hbond substituents is 1. The summed E-state index contributed by atoms with van der Waals surface area (Å²) in [4.78, 5) is 25.7. The maximum atomic E-state index is 12.9. The third-order valence-electron chi connectivity index (χ3n) is 3.35. The Hall–Kier alpha value is -2.60. The Balaban J connectivity index is 1.82. The van der Waals surface area contributed by atoms with Gasteiger partial charge in [0.05, 0.1) is 11.4 Å². The predicted molar refractivity (Wildman–Crippen MR) is 86.0 cm³/mol. The lowest BCUT2D eigenvalue weighted by Gasteiger charge is -2.12. The van der Waals surface area contributed by atoms with E-state index in [0.717, 1.165) is 16.7 Å². The van der Waals surface area contributed by atoms with Gasteiger partial charge >= 0.3 is 0 Å². The second-order valence-corrected chi connectivity index (χ2v) is 5.95. The van der Waals surface area contributed by atoms with E-state index in [4.69, 9.17) is 0 Å². The fourth-order valence-electron chi connectivity index (χ4n) is 2.16. The zero-order valence-corrected chi connectivity index (χ0v) is 12.7. The summed E-state index contributed by atoms with van der Waals surface area (Å²) in [5, 5.41) is 9.36. The van der Waals surface area contributed by atoms with Crippen LogP contribution in [0.5, 0.6) is 5.75 Å². The molecule has 0 spiro atoms. The Morgan fingerprint density at radius 2 is 1.78 bits per heavy atom. The summed E-state index contributed by atoms with van der Waals surface area (Å²) < 4.78 is 12.9. The second-order valence-electron chi connectivity index (χ2n) is 4.95. The Morgan fingerprint density at radius 3 is 2.48 bits per heavy atom. The summed E-state index contributed by atoms with van der Waals surface area (Å²) in [5.74, 6) is -0.757. The van der Waals surface area contributed by atoms with Crippen LogP contribution in [-0.2, 0) is 11.3 Å². The van der Waals surface area contributed by atoms with Gasteiger partial charge in [-0.05, 0) is 41.6 Å². The van der Waals surface area contributed by atoms with Gasteiger partial charge < -0.3 is 5.11 Å². The number of benzene rings is 2. The number of carbonyl (C=O) groups excluding carboxylic acids is 2. The van der Waals surface area contributed by atoms with E-state index in [9.17, 15) is 19.1 Å². The number of phenols is 1. The zero-order valence-electron chi connectivity index (χ0n) is 11.9. The third kappa shape index (κ3) is 3.27. The number of hydrogen-bond donors (Lipinski definition) is 1. The Kier molecular flexibility index (Phi) is 4.16. The van der Waals surface area contributed by atoms with E-state index in [1.165, 1.54) is 36.4 Å². The largest absolute Gasteiger partial charge is 0.507 e. The molecule has 116 valence electrons. The fraction of sp³-hybridized carbons (Fsp3) is 0.0588. The van der Waals surface area contributed by atoms with E-state index >= 15 is 0 Å². The first kappa shape index (κ1) is 15.3. The molecular weight excluding hydrogens is 317 g/mol. The van der Waals surface area contributed by atoms with Crippen LogP contribution in [0.4, 0.5) is 9.18 Å². The molecule has 3 rings (SSSR count). The summed E-state index contributed by atoms with van der Waals surface area (Å²) in [6, 6.07) is 12.2. The molecule has 2 aromatic carbocycles. The van der Waals surface area contributed by atoms with Crippen LogP contribution in [0.25, 0.3) is 6.08 Å². The fourth-order valence-corrected chi connectivity index (χ4v) is 2.99. The highest BCUT2D eigenvalue weighted by molar-refractivity contribution is 8.18. The molecule has 0 aliphatic carbocycles. The lowest BCUT2D eigenvalue weighted by Crippen LogP contribution is -2.27. The number of imide groups is 1. The van der Waals surface area contributed by atoms with Crippen molar-refractivity contribution in [2.45, 2.75) is 6.54 Å². The molecule has 1 heterocycles. The van der Waals surface area contributed by atoms with E-state index in [2.05, 4.69) is 0 Å². The van der Waals surface area contributed by atoms with Crippen molar-refractivity contribution in [2.75, 3.05) is 0 Å². The van der Waals surface area contributed by atoms with Gasteiger partial charge in [0.1, 0.15) is 11.6 Å². The molecule has 0 radical (unpaired) electrons. The minimum absolute atomic E-state index is 0.0397. The van der Waals surface area contributed by atoms with Gasteiger partial charge in [-0.3, -0.25) is 14.5 Å². The number of amides is 2. The highest BCUT2D eigenvalue weighted by atomic mass is 32.2. The average molecular weight is 329 g/mol. The van der Waals surface area contributed by atoms with Gasteiger partial charge in [0.15, 0.2) is 0 Å². The summed E-state index contributed by atoms with van der Waals surface area (Å²) in [6.45, 7) is 0.0864. The molecule has 1 aliphatic heterocycles. The van der Waals surface area contributed by atoms with Gasteiger partial charge in [-0.2, -0.15) is 0 Å². The molecule has 23 heavy (non-hydrogen) atoms. The molecule has 1 saturated heterocycles. The van der Waals surface area contributed by atoms with Crippen molar-refractivity contribution in [3.63, 3.8) is 0 Å². The van der Waals surface area contributed by atoms with E-state index in [1.807, 2.05) is 0 Å². The predicted octanol–water partition coefficient (Wildman–Crippen LogP) is 3.77. The third-order valence-corrected chi connectivity index (χ3v) is 4.26. The molecule has 1 N–H and O–H groups in total. The van der Waals surface area contributed by atoms with Crippen molar-refractivity contribution in [1.82, 2.24) is 4.90 Å². The first-order valence-corrected chi connectivity index (χ1v) is 7.64. The van der Waals surface area contributed by atoms with Gasteiger partial charge in [-0.15, -0.1) is 0 Å². The number of hydrogen-bond acceptors (Lipinski definition) is 4. The summed E-state index contributed by atoms with van der Waals surface area (Å²) in [5.41, 5.74) is 1.14. The lowest BCUT2D eigenvalue weighted by molar-refractivity contribution is -0.123. The van der Waals surface area contributed by atoms with Gasteiger partial charge in [0.25, 0.3) is 11.1 Å². The highest BCUT2D eigenvalue weighted by Crippen LogP contribution is 2.34. The maximum Gasteiger partial charge on any atom is 0.293 e. The Bertz CT molecular complexity index is 802. The molecule has 4 nitrogen and oxygen atoms in total. The molecule has 0 saturated carbocycles.